The molecule has 0 radical (unpaired) electrons. The molecule has 1 fully saturated rings. The summed E-state index contributed by atoms with van der Waals surface area (Å²) in [6, 6.07) is 4.03. The minimum atomic E-state index is -0.773. The molecule has 0 spiro atoms. The molecular formula is C12H15FN2O2S. The Morgan fingerprint density at radius 1 is 1.56 bits per heavy atom. The van der Waals surface area contributed by atoms with Crippen molar-refractivity contribution in [2.75, 3.05) is 12.8 Å². The first kappa shape index (κ1) is 13.3. The van der Waals surface area contributed by atoms with Gasteiger partial charge in [0.15, 0.2) is 0 Å². The fourth-order valence-electron chi connectivity index (χ4n) is 1.84. The SMILES string of the molecule is CSC1(CNCc2ccc([N+](=O)[O-])c(F)c2)CC1. The van der Waals surface area contributed by atoms with Crippen LogP contribution in [0.4, 0.5) is 10.1 Å². The maximum absolute atomic E-state index is 13.4. The highest BCUT2D eigenvalue weighted by Crippen LogP contribution is 2.46. The monoisotopic (exact) mass is 270 g/mol. The average molecular weight is 270 g/mol. The van der Waals surface area contributed by atoms with Gasteiger partial charge in [0.1, 0.15) is 0 Å². The summed E-state index contributed by atoms with van der Waals surface area (Å²) in [5.41, 5.74) is 0.261. The van der Waals surface area contributed by atoms with Gasteiger partial charge >= 0.3 is 5.69 Å². The summed E-state index contributed by atoms with van der Waals surface area (Å²) < 4.78 is 13.7. The van der Waals surface area contributed by atoms with Crippen LogP contribution in [0.5, 0.6) is 0 Å². The van der Waals surface area contributed by atoms with Crippen LogP contribution >= 0.6 is 11.8 Å². The Hall–Kier alpha value is -1.14. The first-order valence-electron chi connectivity index (χ1n) is 5.75. The fourth-order valence-corrected chi connectivity index (χ4v) is 2.59. The van der Waals surface area contributed by atoms with Gasteiger partial charge in [-0.05, 0) is 30.7 Å². The first-order chi connectivity index (χ1) is 8.56. The topological polar surface area (TPSA) is 55.2 Å². The second kappa shape index (κ2) is 5.24. The van der Waals surface area contributed by atoms with E-state index in [0.29, 0.717) is 11.3 Å². The molecule has 1 saturated carbocycles. The number of nitro benzene ring substituents is 1. The molecule has 6 heteroatoms. The van der Waals surface area contributed by atoms with Gasteiger partial charge in [-0.2, -0.15) is 16.2 Å². The standard InChI is InChI=1S/C12H15FN2O2S/c1-18-12(4-5-12)8-14-7-9-2-3-11(15(16)17)10(13)6-9/h2-3,6,14H,4-5,7-8H2,1H3. The van der Waals surface area contributed by atoms with Gasteiger partial charge in [0.05, 0.1) is 4.92 Å². The smallest absolute Gasteiger partial charge is 0.304 e. The maximum atomic E-state index is 13.4. The molecule has 1 aliphatic carbocycles. The van der Waals surface area contributed by atoms with Gasteiger partial charge in [-0.1, -0.05) is 6.07 Å². The van der Waals surface area contributed by atoms with E-state index in [1.165, 1.54) is 25.0 Å². The molecule has 0 atom stereocenters. The molecule has 0 unspecified atom stereocenters. The molecule has 1 aromatic carbocycles. The zero-order valence-corrected chi connectivity index (χ0v) is 10.9. The van der Waals surface area contributed by atoms with E-state index in [0.717, 1.165) is 12.1 Å². The van der Waals surface area contributed by atoms with Crippen LogP contribution in [0.2, 0.25) is 0 Å². The third kappa shape index (κ3) is 3.00. The summed E-state index contributed by atoms with van der Waals surface area (Å²) in [5, 5.41) is 13.7. The number of hydrogen-bond acceptors (Lipinski definition) is 4. The molecule has 1 aromatic rings. The van der Waals surface area contributed by atoms with Gasteiger partial charge in [0, 0.05) is 23.9 Å². The van der Waals surface area contributed by atoms with Crippen LogP contribution < -0.4 is 5.32 Å². The lowest BCUT2D eigenvalue weighted by molar-refractivity contribution is -0.387. The van der Waals surface area contributed by atoms with Crippen LogP contribution in [0.15, 0.2) is 18.2 Å². The summed E-state index contributed by atoms with van der Waals surface area (Å²) in [6.45, 7) is 1.43. The number of thioether (sulfide) groups is 1. The highest BCUT2D eigenvalue weighted by molar-refractivity contribution is 8.00. The van der Waals surface area contributed by atoms with E-state index in [1.54, 1.807) is 6.07 Å². The van der Waals surface area contributed by atoms with Crippen molar-refractivity contribution in [2.45, 2.75) is 24.1 Å². The second-order valence-corrected chi connectivity index (χ2v) is 5.81. The van der Waals surface area contributed by atoms with E-state index in [9.17, 15) is 14.5 Å². The fraction of sp³-hybridized carbons (Fsp3) is 0.500. The molecule has 2 rings (SSSR count). The summed E-state index contributed by atoms with van der Waals surface area (Å²) >= 11 is 1.86. The molecule has 18 heavy (non-hydrogen) atoms. The molecule has 98 valence electrons. The highest BCUT2D eigenvalue weighted by Gasteiger charge is 2.41. The summed E-state index contributed by atoms with van der Waals surface area (Å²) in [7, 11) is 0. The van der Waals surface area contributed by atoms with E-state index in [1.807, 2.05) is 11.8 Å². The number of nitrogens with zero attached hydrogens (tertiary/aromatic N) is 1. The zero-order valence-electron chi connectivity index (χ0n) is 10.1. The van der Waals surface area contributed by atoms with Crippen LogP contribution in [0.1, 0.15) is 18.4 Å². The van der Waals surface area contributed by atoms with Gasteiger partial charge in [-0.25, -0.2) is 0 Å². The Kier molecular flexibility index (Phi) is 3.87. The molecule has 0 bridgehead atoms. The number of hydrogen-bond donors (Lipinski definition) is 1. The zero-order chi connectivity index (χ0) is 13.2. The van der Waals surface area contributed by atoms with E-state index in [2.05, 4.69) is 11.6 Å². The van der Waals surface area contributed by atoms with Crippen LogP contribution in [-0.4, -0.2) is 22.5 Å². The predicted octanol–water partition coefficient (Wildman–Crippen LogP) is 2.72. The number of rotatable bonds is 6. The van der Waals surface area contributed by atoms with Crippen molar-refractivity contribution in [3.8, 4) is 0 Å². The third-order valence-electron chi connectivity index (χ3n) is 3.23. The van der Waals surface area contributed by atoms with Gasteiger partial charge in [0.25, 0.3) is 0 Å². The quantitative estimate of drug-likeness (QED) is 0.638. The minimum Gasteiger partial charge on any atom is -0.311 e. The van der Waals surface area contributed by atoms with Gasteiger partial charge in [0.2, 0.25) is 5.82 Å². The molecule has 1 aliphatic rings. The Bertz CT molecular complexity index is 463. The normalized spacial score (nSPS) is 16.6. The van der Waals surface area contributed by atoms with E-state index < -0.39 is 16.4 Å². The van der Waals surface area contributed by atoms with Crippen molar-refractivity contribution in [3.05, 3.63) is 39.7 Å². The Balaban J connectivity index is 1.90. The lowest BCUT2D eigenvalue weighted by atomic mass is 10.2. The molecule has 0 aliphatic heterocycles. The molecule has 0 aromatic heterocycles. The number of nitro groups is 1. The van der Waals surface area contributed by atoms with Crippen molar-refractivity contribution in [1.82, 2.24) is 5.32 Å². The molecular weight excluding hydrogens is 255 g/mol. The van der Waals surface area contributed by atoms with Crippen LogP contribution in [0, 0.1) is 15.9 Å². The summed E-state index contributed by atoms with van der Waals surface area (Å²) in [4.78, 5) is 9.76. The van der Waals surface area contributed by atoms with E-state index >= 15 is 0 Å². The van der Waals surface area contributed by atoms with Crippen molar-refractivity contribution in [2.24, 2.45) is 0 Å². The van der Waals surface area contributed by atoms with Crippen molar-refractivity contribution < 1.29 is 9.31 Å². The van der Waals surface area contributed by atoms with Crippen molar-refractivity contribution in [3.63, 3.8) is 0 Å². The molecule has 0 heterocycles. The van der Waals surface area contributed by atoms with Crippen LogP contribution in [0.3, 0.4) is 0 Å². The minimum absolute atomic E-state index is 0.360. The third-order valence-corrected chi connectivity index (χ3v) is 4.64. The van der Waals surface area contributed by atoms with Crippen LogP contribution in [0.25, 0.3) is 0 Å². The highest BCUT2D eigenvalue weighted by atomic mass is 32.2. The number of halogens is 1. The largest absolute Gasteiger partial charge is 0.311 e. The molecule has 4 nitrogen and oxygen atoms in total. The second-order valence-electron chi connectivity index (χ2n) is 4.53. The molecule has 1 N–H and O–H groups in total. The number of benzene rings is 1. The molecule has 0 saturated heterocycles. The lowest BCUT2D eigenvalue weighted by Crippen LogP contribution is -2.25. The molecule has 0 amide bonds. The first-order valence-corrected chi connectivity index (χ1v) is 6.97. The van der Waals surface area contributed by atoms with Crippen LogP contribution in [-0.2, 0) is 6.54 Å². The van der Waals surface area contributed by atoms with Crippen molar-refractivity contribution in [1.29, 1.82) is 0 Å². The Morgan fingerprint density at radius 2 is 2.28 bits per heavy atom. The number of nitrogens with one attached hydrogen (secondary N) is 1. The van der Waals surface area contributed by atoms with Gasteiger partial charge in [-0.3, -0.25) is 10.1 Å². The van der Waals surface area contributed by atoms with E-state index in [4.69, 9.17) is 0 Å². The lowest BCUT2D eigenvalue weighted by Gasteiger charge is -2.12. The predicted molar refractivity (Wildman–Crippen MR) is 70.2 cm³/mol. The summed E-state index contributed by atoms with van der Waals surface area (Å²) in [5.74, 6) is -0.773. The van der Waals surface area contributed by atoms with Crippen molar-refractivity contribution >= 4 is 17.4 Å². The average Bonchev–Trinajstić information content (AvgIpc) is 3.09. The van der Waals surface area contributed by atoms with Gasteiger partial charge in [-0.15, -0.1) is 0 Å². The van der Waals surface area contributed by atoms with Gasteiger partial charge < -0.3 is 5.32 Å². The van der Waals surface area contributed by atoms with E-state index in [-0.39, 0.29) is 0 Å². The Morgan fingerprint density at radius 3 is 2.78 bits per heavy atom. The Labute approximate surface area is 109 Å². The summed E-state index contributed by atoms with van der Waals surface area (Å²) in [6.07, 6.45) is 4.53. The maximum Gasteiger partial charge on any atom is 0.304 e.